The quantitative estimate of drug-likeness (QED) is 0.601. The van der Waals surface area contributed by atoms with Crippen molar-refractivity contribution in [2.24, 2.45) is 0 Å². The number of ether oxygens (including phenoxy) is 1. The van der Waals surface area contributed by atoms with Crippen LogP contribution in [0.25, 0.3) is 0 Å². The highest BCUT2D eigenvalue weighted by molar-refractivity contribution is 7.87. The molecule has 2 rings (SSSR count). The van der Waals surface area contributed by atoms with Crippen molar-refractivity contribution in [2.75, 3.05) is 11.1 Å². The summed E-state index contributed by atoms with van der Waals surface area (Å²) in [5.41, 5.74) is 0.233. The van der Waals surface area contributed by atoms with Crippen LogP contribution in [0.4, 0.5) is 5.13 Å². The molecule has 0 aliphatic carbocycles. The number of benzene rings is 1. The summed E-state index contributed by atoms with van der Waals surface area (Å²) in [4.78, 5) is 27.6. The van der Waals surface area contributed by atoms with Crippen molar-refractivity contribution in [3.63, 3.8) is 0 Å². The molecule has 1 N–H and O–H groups in total. The van der Waals surface area contributed by atoms with Crippen LogP contribution in [0.2, 0.25) is 0 Å². The number of unbranched alkanes of at least 4 members (excludes halogenated alkanes) is 1. The van der Waals surface area contributed by atoms with Gasteiger partial charge in [-0.25, -0.2) is 4.98 Å². The monoisotopic (exact) mass is 366 g/mol. The summed E-state index contributed by atoms with van der Waals surface area (Å²) in [6.45, 7) is 3.31. The molecule has 8 heteroatoms. The molecule has 2 aromatic rings. The highest BCUT2D eigenvalue weighted by Crippen LogP contribution is 2.24. The molecule has 24 heavy (non-hydrogen) atoms. The topological polar surface area (TPSA) is 85.4 Å². The molecule has 128 valence electrons. The maximum Gasteiger partial charge on any atom is 0.308 e. The van der Waals surface area contributed by atoms with Crippen LogP contribution in [-0.4, -0.2) is 26.8 Å². The summed E-state index contributed by atoms with van der Waals surface area (Å²) in [5, 5.41) is 3.00. The number of aromatic nitrogens is 1. The van der Waals surface area contributed by atoms with Crippen LogP contribution in [-0.2, 0) is 15.6 Å². The van der Waals surface area contributed by atoms with Gasteiger partial charge < -0.3 is 4.74 Å². The normalized spacial score (nSPS) is 11.8. The van der Waals surface area contributed by atoms with Gasteiger partial charge >= 0.3 is 5.97 Å². The molecule has 0 aliphatic heterocycles. The Hall–Kier alpha value is -2.06. The third-order valence-corrected chi connectivity index (χ3v) is 5.73. The highest BCUT2D eigenvalue weighted by atomic mass is 32.2. The van der Waals surface area contributed by atoms with E-state index in [1.165, 1.54) is 24.5 Å². The lowest BCUT2D eigenvalue weighted by molar-refractivity contribution is -0.131. The average Bonchev–Trinajstić information content (AvgIpc) is 3.01. The molecule has 6 nitrogen and oxygen atoms in total. The predicted octanol–water partition coefficient (Wildman–Crippen LogP) is 3.23. The molecule has 1 heterocycles. The van der Waals surface area contributed by atoms with Crippen molar-refractivity contribution >= 4 is 39.1 Å². The summed E-state index contributed by atoms with van der Waals surface area (Å²) < 4.78 is 17.7. The van der Waals surface area contributed by atoms with Crippen LogP contribution >= 0.6 is 11.3 Å². The first-order valence-corrected chi connectivity index (χ1v) is 9.57. The predicted molar refractivity (Wildman–Crippen MR) is 94.0 cm³/mol. The van der Waals surface area contributed by atoms with Crippen LogP contribution in [0.5, 0.6) is 5.75 Å². The van der Waals surface area contributed by atoms with Crippen LogP contribution in [0, 0.1) is 0 Å². The highest BCUT2D eigenvalue weighted by Gasteiger charge is 2.16. The number of anilines is 1. The van der Waals surface area contributed by atoms with Crippen LogP contribution in [0.3, 0.4) is 0 Å². The Morgan fingerprint density at radius 3 is 2.79 bits per heavy atom. The van der Waals surface area contributed by atoms with Gasteiger partial charge in [-0.05, 0) is 18.6 Å². The number of thiazole rings is 1. The number of hydrogen-bond acceptors (Lipinski definition) is 6. The van der Waals surface area contributed by atoms with E-state index in [1.54, 1.807) is 24.3 Å². The number of amides is 1. The van der Waals surface area contributed by atoms with Gasteiger partial charge in [-0.3, -0.25) is 19.1 Å². The Bertz CT molecular complexity index is 758. The number of hydrogen-bond donors (Lipinski definition) is 1. The smallest absolute Gasteiger partial charge is 0.308 e. The first kappa shape index (κ1) is 18.3. The summed E-state index contributed by atoms with van der Waals surface area (Å²) >= 11 is 1.18. The maximum absolute atomic E-state index is 12.4. The summed E-state index contributed by atoms with van der Waals surface area (Å²) in [6.07, 6.45) is 3.37. The molecule has 0 fully saturated rings. The van der Waals surface area contributed by atoms with E-state index < -0.39 is 22.7 Å². The largest absolute Gasteiger partial charge is 0.426 e. The molecule has 0 aliphatic rings. The second kappa shape index (κ2) is 8.70. The number of carbonyl (C=O) groups is 2. The maximum atomic E-state index is 12.4. The minimum atomic E-state index is -1.10. The fourth-order valence-electron chi connectivity index (χ4n) is 1.86. The Morgan fingerprint density at radius 1 is 1.33 bits per heavy atom. The van der Waals surface area contributed by atoms with E-state index in [0.717, 1.165) is 12.8 Å². The lowest BCUT2D eigenvalue weighted by Crippen LogP contribution is -2.14. The number of carbonyl (C=O) groups excluding carboxylic acids is 2. The lowest BCUT2D eigenvalue weighted by Gasteiger charge is -2.07. The average molecular weight is 366 g/mol. The van der Waals surface area contributed by atoms with Gasteiger partial charge in [0.25, 0.3) is 5.91 Å². The van der Waals surface area contributed by atoms with Crippen molar-refractivity contribution in [2.45, 2.75) is 30.9 Å². The summed E-state index contributed by atoms with van der Waals surface area (Å²) in [5.74, 6) is -0.169. The van der Waals surface area contributed by atoms with E-state index >= 15 is 0 Å². The third kappa shape index (κ3) is 4.97. The van der Waals surface area contributed by atoms with E-state index in [9.17, 15) is 13.8 Å². The zero-order valence-corrected chi connectivity index (χ0v) is 15.0. The Kier molecular flexibility index (Phi) is 6.62. The third-order valence-electron chi connectivity index (χ3n) is 3.00. The van der Waals surface area contributed by atoms with Crippen molar-refractivity contribution in [1.29, 1.82) is 0 Å². The van der Waals surface area contributed by atoms with Gasteiger partial charge in [0.05, 0.1) is 22.6 Å². The Labute approximate surface area is 146 Å². The summed E-state index contributed by atoms with van der Waals surface area (Å²) in [6, 6.07) is 6.45. The molecular weight excluding hydrogens is 348 g/mol. The SMILES string of the molecule is CCCCS(=O)c1cnc(NC(=O)c2ccccc2OC(C)=O)s1. The van der Waals surface area contributed by atoms with Gasteiger partial charge in [-0.2, -0.15) is 0 Å². The Balaban J connectivity index is 2.09. The molecule has 1 atom stereocenters. The van der Waals surface area contributed by atoms with Crippen LogP contribution in [0.15, 0.2) is 34.7 Å². The van der Waals surface area contributed by atoms with Gasteiger partial charge in [0.15, 0.2) is 5.13 Å². The molecular formula is C16H18N2O4S2. The first-order valence-electron chi connectivity index (χ1n) is 7.44. The van der Waals surface area contributed by atoms with E-state index in [2.05, 4.69) is 10.3 Å². The number of nitrogens with one attached hydrogen (secondary N) is 1. The van der Waals surface area contributed by atoms with E-state index in [1.807, 2.05) is 6.92 Å². The molecule has 1 unspecified atom stereocenters. The van der Waals surface area contributed by atoms with Gasteiger partial charge in [-0.15, -0.1) is 0 Å². The van der Waals surface area contributed by atoms with Crippen molar-refractivity contribution < 1.29 is 18.5 Å². The molecule has 0 spiro atoms. The number of esters is 1. The number of para-hydroxylation sites is 1. The van der Waals surface area contributed by atoms with Crippen molar-refractivity contribution in [3.8, 4) is 5.75 Å². The van der Waals surface area contributed by atoms with Gasteiger partial charge in [-0.1, -0.05) is 36.8 Å². The van der Waals surface area contributed by atoms with Gasteiger partial charge in [0, 0.05) is 12.7 Å². The lowest BCUT2D eigenvalue weighted by atomic mass is 10.2. The van der Waals surface area contributed by atoms with Gasteiger partial charge in [0.1, 0.15) is 9.96 Å². The second-order valence-electron chi connectivity index (χ2n) is 4.93. The minimum Gasteiger partial charge on any atom is -0.426 e. The second-order valence-corrected chi connectivity index (χ2v) is 7.76. The van der Waals surface area contributed by atoms with E-state index in [4.69, 9.17) is 4.74 Å². The standard InChI is InChI=1S/C16H18N2O4S2/c1-3-4-9-24(21)14-10-17-16(23-14)18-15(20)12-7-5-6-8-13(12)22-11(2)19/h5-8,10H,3-4,9H2,1-2H3,(H,17,18,20). The zero-order chi connectivity index (χ0) is 17.5. The molecule has 1 aromatic heterocycles. The minimum absolute atomic E-state index is 0.186. The zero-order valence-electron chi connectivity index (χ0n) is 13.4. The first-order chi connectivity index (χ1) is 11.5. The van der Waals surface area contributed by atoms with Crippen LogP contribution in [0.1, 0.15) is 37.0 Å². The molecule has 0 saturated heterocycles. The fraction of sp³-hybridized carbons (Fsp3) is 0.312. The molecule has 0 radical (unpaired) electrons. The molecule has 1 aromatic carbocycles. The molecule has 0 bridgehead atoms. The number of rotatable bonds is 7. The molecule has 1 amide bonds. The summed E-state index contributed by atoms with van der Waals surface area (Å²) in [7, 11) is -1.10. The van der Waals surface area contributed by atoms with Crippen molar-refractivity contribution in [3.05, 3.63) is 36.0 Å². The molecule has 0 saturated carbocycles. The van der Waals surface area contributed by atoms with Crippen molar-refractivity contribution in [1.82, 2.24) is 4.98 Å². The van der Waals surface area contributed by atoms with E-state index in [-0.39, 0.29) is 11.3 Å². The van der Waals surface area contributed by atoms with Crippen LogP contribution < -0.4 is 10.1 Å². The number of nitrogens with zero attached hydrogens (tertiary/aromatic N) is 1. The van der Waals surface area contributed by atoms with Gasteiger partial charge in [0.2, 0.25) is 0 Å². The van der Waals surface area contributed by atoms with E-state index in [0.29, 0.717) is 15.1 Å². The fourth-order valence-corrected chi connectivity index (χ4v) is 4.19. The Morgan fingerprint density at radius 2 is 2.08 bits per heavy atom.